The van der Waals surface area contributed by atoms with Crippen molar-refractivity contribution < 1.29 is 4.79 Å². The van der Waals surface area contributed by atoms with Crippen molar-refractivity contribution in [3.05, 3.63) is 83.9 Å². The molecule has 0 aliphatic rings. The molecule has 0 radical (unpaired) electrons. The Hall–Kier alpha value is -2.54. The molecule has 0 atom stereocenters. The molecule has 3 rings (SSSR count). The van der Waals surface area contributed by atoms with Gasteiger partial charge in [-0.25, -0.2) is 0 Å². The lowest BCUT2D eigenvalue weighted by Crippen LogP contribution is -2.32. The first-order chi connectivity index (χ1) is 14.6. The normalized spacial score (nSPS) is 10.6. The SMILES string of the molecule is C=CCN(CC=C)C(=O)CSc1nnc(-c2ccccc2Cl)n1-c1ccccc1Cl. The molecule has 30 heavy (non-hydrogen) atoms. The Morgan fingerprint density at radius 3 is 2.27 bits per heavy atom. The Labute approximate surface area is 190 Å². The van der Waals surface area contributed by atoms with E-state index >= 15 is 0 Å². The van der Waals surface area contributed by atoms with Gasteiger partial charge < -0.3 is 4.90 Å². The van der Waals surface area contributed by atoms with E-state index in [4.69, 9.17) is 23.2 Å². The van der Waals surface area contributed by atoms with Crippen LogP contribution in [-0.2, 0) is 4.79 Å². The Morgan fingerprint density at radius 2 is 1.63 bits per heavy atom. The highest BCUT2D eigenvalue weighted by atomic mass is 35.5. The number of carbonyl (C=O) groups is 1. The second kappa shape index (κ2) is 10.5. The van der Waals surface area contributed by atoms with Crippen LogP contribution in [0.3, 0.4) is 0 Å². The monoisotopic (exact) mass is 458 g/mol. The van der Waals surface area contributed by atoms with E-state index in [9.17, 15) is 4.79 Å². The number of rotatable bonds is 9. The van der Waals surface area contributed by atoms with Gasteiger partial charge in [0.25, 0.3) is 0 Å². The largest absolute Gasteiger partial charge is 0.335 e. The first kappa shape index (κ1) is 22.2. The van der Waals surface area contributed by atoms with Crippen molar-refractivity contribution in [3.63, 3.8) is 0 Å². The highest BCUT2D eigenvalue weighted by Crippen LogP contribution is 2.34. The lowest BCUT2D eigenvalue weighted by Gasteiger charge is -2.19. The summed E-state index contributed by atoms with van der Waals surface area (Å²) in [6.07, 6.45) is 3.38. The fraction of sp³-hybridized carbons (Fsp3) is 0.136. The fourth-order valence-corrected chi connectivity index (χ4v) is 4.13. The van der Waals surface area contributed by atoms with Crippen molar-refractivity contribution in [1.29, 1.82) is 0 Å². The molecular formula is C22H20Cl2N4OS. The predicted octanol–water partition coefficient (Wildman–Crippen LogP) is 5.53. The highest BCUT2D eigenvalue weighted by Gasteiger charge is 2.21. The van der Waals surface area contributed by atoms with Gasteiger partial charge in [0.2, 0.25) is 5.91 Å². The van der Waals surface area contributed by atoms with Crippen LogP contribution in [0.4, 0.5) is 0 Å². The Kier molecular flexibility index (Phi) is 7.74. The molecule has 0 spiro atoms. The number of hydrogen-bond donors (Lipinski definition) is 0. The zero-order valence-electron chi connectivity index (χ0n) is 16.2. The molecule has 0 saturated carbocycles. The minimum Gasteiger partial charge on any atom is -0.335 e. The number of carbonyl (C=O) groups excluding carboxylic acids is 1. The van der Waals surface area contributed by atoms with Crippen molar-refractivity contribution in [2.24, 2.45) is 0 Å². The third-order valence-electron chi connectivity index (χ3n) is 4.22. The maximum atomic E-state index is 12.6. The molecule has 2 aromatic carbocycles. The van der Waals surface area contributed by atoms with Crippen LogP contribution in [0.25, 0.3) is 17.1 Å². The molecule has 1 amide bonds. The van der Waals surface area contributed by atoms with Crippen LogP contribution in [0, 0.1) is 0 Å². The second-order valence-corrected chi connectivity index (χ2v) is 7.99. The average molecular weight is 459 g/mol. The number of benzene rings is 2. The van der Waals surface area contributed by atoms with Crippen LogP contribution >= 0.6 is 35.0 Å². The summed E-state index contributed by atoms with van der Waals surface area (Å²) in [5.41, 5.74) is 1.44. The van der Waals surface area contributed by atoms with Crippen LogP contribution in [0.2, 0.25) is 10.0 Å². The van der Waals surface area contributed by atoms with Gasteiger partial charge in [0.15, 0.2) is 11.0 Å². The minimum atomic E-state index is -0.0483. The van der Waals surface area contributed by atoms with E-state index in [1.54, 1.807) is 29.2 Å². The zero-order valence-corrected chi connectivity index (χ0v) is 18.5. The molecule has 3 aromatic rings. The lowest BCUT2D eigenvalue weighted by atomic mass is 10.2. The van der Waals surface area contributed by atoms with Crippen molar-refractivity contribution in [3.8, 4) is 17.1 Å². The number of hydrogen-bond acceptors (Lipinski definition) is 4. The van der Waals surface area contributed by atoms with E-state index < -0.39 is 0 Å². The number of para-hydroxylation sites is 1. The maximum Gasteiger partial charge on any atom is 0.233 e. The number of halogens is 2. The van der Waals surface area contributed by atoms with E-state index in [1.165, 1.54) is 11.8 Å². The molecule has 1 heterocycles. The molecule has 0 saturated heterocycles. The topological polar surface area (TPSA) is 51.0 Å². The van der Waals surface area contributed by atoms with E-state index in [-0.39, 0.29) is 11.7 Å². The minimum absolute atomic E-state index is 0.0483. The predicted molar refractivity (Wildman–Crippen MR) is 125 cm³/mol. The summed E-state index contributed by atoms with van der Waals surface area (Å²) in [4.78, 5) is 14.3. The second-order valence-electron chi connectivity index (χ2n) is 6.24. The molecule has 0 aliphatic carbocycles. The van der Waals surface area contributed by atoms with Gasteiger partial charge in [-0.1, -0.05) is 71.4 Å². The molecule has 0 fully saturated rings. The smallest absolute Gasteiger partial charge is 0.233 e. The Balaban J connectivity index is 1.98. The van der Waals surface area contributed by atoms with Crippen molar-refractivity contribution in [1.82, 2.24) is 19.7 Å². The van der Waals surface area contributed by atoms with Crippen LogP contribution in [0.5, 0.6) is 0 Å². The molecule has 5 nitrogen and oxygen atoms in total. The van der Waals surface area contributed by atoms with Crippen LogP contribution < -0.4 is 0 Å². The number of nitrogens with zero attached hydrogens (tertiary/aromatic N) is 4. The number of thioether (sulfide) groups is 1. The summed E-state index contributed by atoms with van der Waals surface area (Å²) in [5, 5.41) is 10.3. The number of aromatic nitrogens is 3. The van der Waals surface area contributed by atoms with E-state index in [2.05, 4.69) is 23.4 Å². The Bertz CT molecular complexity index is 1060. The Morgan fingerprint density at radius 1 is 1.00 bits per heavy atom. The summed E-state index contributed by atoms with van der Waals surface area (Å²) >= 11 is 14.2. The van der Waals surface area contributed by atoms with E-state index in [1.807, 2.05) is 41.0 Å². The summed E-state index contributed by atoms with van der Waals surface area (Å²) in [7, 11) is 0. The van der Waals surface area contributed by atoms with Gasteiger partial charge in [-0.2, -0.15) is 0 Å². The third kappa shape index (κ3) is 4.95. The van der Waals surface area contributed by atoms with Crippen molar-refractivity contribution in [2.75, 3.05) is 18.8 Å². The lowest BCUT2D eigenvalue weighted by molar-refractivity contribution is -0.127. The molecule has 154 valence electrons. The third-order valence-corrected chi connectivity index (χ3v) is 5.78. The number of amides is 1. The summed E-state index contributed by atoms with van der Waals surface area (Å²) in [6, 6.07) is 14.8. The van der Waals surface area contributed by atoms with Crippen molar-refractivity contribution in [2.45, 2.75) is 5.16 Å². The summed E-state index contributed by atoms with van der Waals surface area (Å²) in [6.45, 7) is 8.31. The first-order valence-electron chi connectivity index (χ1n) is 9.14. The average Bonchev–Trinajstić information content (AvgIpc) is 3.16. The van der Waals surface area contributed by atoms with Gasteiger partial charge in [0, 0.05) is 18.7 Å². The van der Waals surface area contributed by atoms with E-state index in [0.717, 1.165) is 5.56 Å². The van der Waals surface area contributed by atoms with Crippen LogP contribution in [0.1, 0.15) is 0 Å². The standard InChI is InChI=1S/C22H20Cl2N4OS/c1-3-13-27(14-4-2)20(29)15-30-22-26-25-21(16-9-5-6-10-17(16)23)28(22)19-12-8-7-11-18(19)24/h3-12H,1-2,13-15H2. The van der Waals surface area contributed by atoms with Crippen LogP contribution in [-0.4, -0.2) is 44.4 Å². The maximum absolute atomic E-state index is 12.6. The molecule has 0 unspecified atom stereocenters. The molecule has 8 heteroatoms. The zero-order chi connectivity index (χ0) is 21.5. The first-order valence-corrected chi connectivity index (χ1v) is 10.9. The molecular weight excluding hydrogens is 439 g/mol. The molecule has 0 aliphatic heterocycles. The highest BCUT2D eigenvalue weighted by molar-refractivity contribution is 7.99. The van der Waals surface area contributed by atoms with Gasteiger partial charge in [0.1, 0.15) is 0 Å². The quantitative estimate of drug-likeness (QED) is 0.312. The fourth-order valence-electron chi connectivity index (χ4n) is 2.84. The van der Waals surface area contributed by atoms with E-state index in [0.29, 0.717) is 39.8 Å². The summed E-state index contributed by atoms with van der Waals surface area (Å²) < 4.78 is 1.83. The molecule has 0 N–H and O–H groups in total. The van der Waals surface area contributed by atoms with Gasteiger partial charge in [-0.05, 0) is 24.3 Å². The van der Waals surface area contributed by atoms with Crippen molar-refractivity contribution >= 4 is 40.9 Å². The van der Waals surface area contributed by atoms with Gasteiger partial charge in [-0.3, -0.25) is 9.36 Å². The molecule has 0 bridgehead atoms. The van der Waals surface area contributed by atoms with Gasteiger partial charge >= 0.3 is 0 Å². The van der Waals surface area contributed by atoms with Crippen LogP contribution in [0.15, 0.2) is 79.0 Å². The van der Waals surface area contributed by atoms with Gasteiger partial charge in [-0.15, -0.1) is 23.4 Å². The molecule has 1 aromatic heterocycles. The summed E-state index contributed by atoms with van der Waals surface area (Å²) in [5.74, 6) is 0.692. The van der Waals surface area contributed by atoms with Gasteiger partial charge in [0.05, 0.1) is 21.5 Å².